The lowest BCUT2D eigenvalue weighted by atomic mass is 9.72. The number of rotatable bonds is 86. The number of phosphoric acid groups is 1. The first kappa shape index (κ1) is 107. The molecule has 2 atom stereocenters. The van der Waals surface area contributed by atoms with Crippen molar-refractivity contribution in [1.82, 2.24) is 10.6 Å². The van der Waals surface area contributed by atoms with Gasteiger partial charge in [0.15, 0.2) is 6.10 Å². The molecule has 0 aromatic rings. The molecule has 0 radical (unpaired) electrons. The van der Waals surface area contributed by atoms with E-state index in [-0.39, 0.29) is 69.5 Å². The van der Waals surface area contributed by atoms with Crippen molar-refractivity contribution < 1.29 is 104 Å². The van der Waals surface area contributed by atoms with Crippen LogP contribution in [0.25, 0.3) is 0 Å². The van der Waals surface area contributed by atoms with Gasteiger partial charge in [-0.1, -0.05) is 249 Å². The normalized spacial score (nSPS) is 14.2. The third kappa shape index (κ3) is 75.4. The molecule has 0 saturated carbocycles. The number of hydrogen-bond acceptors (Lipinski definition) is 21. The molecule has 24 nitrogen and oxygen atoms in total. The second-order valence-corrected chi connectivity index (χ2v) is 31.4. The van der Waals surface area contributed by atoms with E-state index in [9.17, 15) is 28.6 Å². The van der Waals surface area contributed by atoms with Crippen LogP contribution in [0.15, 0.2) is 58.7 Å². The summed E-state index contributed by atoms with van der Waals surface area (Å²) in [5.74, 6) is -1.40. The van der Waals surface area contributed by atoms with Crippen LogP contribution in [-0.2, 0) is 99.1 Å². The molecule has 1 unspecified atom stereocenters. The maximum absolute atomic E-state index is 12.9. The Hall–Kier alpha value is -3.79. The third-order valence-corrected chi connectivity index (χ3v) is 20.0. The number of carbonyl (C=O) groups excluding carboxylic acids is 4. The predicted molar refractivity (Wildman–Crippen MR) is 448 cm³/mol. The van der Waals surface area contributed by atoms with E-state index < -0.39 is 32.5 Å². The van der Waals surface area contributed by atoms with E-state index >= 15 is 0 Å². The van der Waals surface area contributed by atoms with Crippen LogP contribution in [-0.4, -0.2) is 226 Å². The van der Waals surface area contributed by atoms with Gasteiger partial charge in [-0.05, 0) is 69.4 Å². The third-order valence-electron chi connectivity index (χ3n) is 19.0. The van der Waals surface area contributed by atoms with Gasteiger partial charge in [0.05, 0.1) is 172 Å². The summed E-state index contributed by atoms with van der Waals surface area (Å²) in [5.41, 5.74) is 5.18. The van der Waals surface area contributed by atoms with Gasteiger partial charge in [-0.25, -0.2) is 4.57 Å². The van der Waals surface area contributed by atoms with Crippen molar-refractivity contribution in [1.29, 1.82) is 0 Å². The first-order valence-corrected chi connectivity index (χ1v) is 45.4. The topological polar surface area (TPSA) is 277 Å². The summed E-state index contributed by atoms with van der Waals surface area (Å²) in [4.78, 5) is 60.8. The summed E-state index contributed by atoms with van der Waals surface area (Å²) in [6.45, 7) is 24.5. The van der Waals surface area contributed by atoms with E-state index in [2.05, 4.69) is 70.4 Å². The number of allylic oxidation sites excluding steroid dienone is 9. The number of hydrogen-bond donors (Lipinski definition) is 3. The largest absolute Gasteiger partial charge is 0.472 e. The van der Waals surface area contributed by atoms with E-state index in [1.54, 1.807) is 6.08 Å². The molecule has 0 aliphatic heterocycles. The highest BCUT2D eigenvalue weighted by Gasteiger charge is 2.28. The summed E-state index contributed by atoms with van der Waals surface area (Å²) in [7, 11) is -4.63. The SMILES string of the molecule is CCCCCCCCCCCCCCCCCC(=O)OC[C@H](COP(=O)(O)OCCNC(=O)CCOCCOCCOCCOCCOCCOCCOCCOCCOCCOCCOCCOCCNC(=O)/C=C(C)/C=C/C=C(C)/C=C/C1=C(C)CCCC1(C)C)OC(=O)CCCCCCCCCCCCCCCCC. The van der Waals surface area contributed by atoms with Crippen molar-refractivity contribution in [3.8, 4) is 0 Å². The molecule has 25 heteroatoms. The van der Waals surface area contributed by atoms with Gasteiger partial charge < -0.3 is 81.8 Å². The van der Waals surface area contributed by atoms with Crippen LogP contribution in [0.4, 0.5) is 0 Å². The maximum Gasteiger partial charge on any atom is 0.472 e. The van der Waals surface area contributed by atoms with Crippen molar-refractivity contribution in [2.75, 3.05) is 191 Å². The lowest BCUT2D eigenvalue weighted by molar-refractivity contribution is -0.161. The monoisotopic (exact) mass is 1630 g/mol. The number of ether oxygens (including phenoxy) is 14. The molecule has 1 aliphatic rings. The van der Waals surface area contributed by atoms with Crippen LogP contribution in [0.5, 0.6) is 0 Å². The molecule has 660 valence electrons. The number of nitrogens with one attached hydrogen (secondary N) is 2. The second kappa shape index (κ2) is 80.6. The molecule has 3 N–H and O–H groups in total. The Labute approximate surface area is 684 Å². The molecule has 0 saturated heterocycles. The molecular formula is C88H161N2O22P. The zero-order valence-electron chi connectivity index (χ0n) is 72.0. The molecule has 0 aromatic carbocycles. The van der Waals surface area contributed by atoms with Gasteiger partial charge >= 0.3 is 19.8 Å². The highest BCUT2D eigenvalue weighted by Crippen LogP contribution is 2.43. The van der Waals surface area contributed by atoms with Crippen molar-refractivity contribution in [2.45, 2.75) is 286 Å². The molecule has 0 spiro atoms. The van der Waals surface area contributed by atoms with E-state index in [4.69, 9.17) is 75.4 Å². The summed E-state index contributed by atoms with van der Waals surface area (Å²) >= 11 is 0. The van der Waals surface area contributed by atoms with Crippen LogP contribution in [0.3, 0.4) is 0 Å². The fourth-order valence-corrected chi connectivity index (χ4v) is 13.2. The minimum atomic E-state index is -4.63. The van der Waals surface area contributed by atoms with Crippen LogP contribution in [0, 0.1) is 5.41 Å². The standard InChI is InChI=1S/C88H161N2O22P/c1-8-10-12-14-16-18-20-22-24-26-28-30-32-34-36-43-86(93)109-77-82(112-87(94)44-37-35-33-31-29-27-25-23-21-19-17-15-13-11-9-2)78-111-113(95,96)110-53-50-89-84(91)47-51-97-54-56-99-58-60-101-62-64-103-66-68-105-70-72-107-74-75-108-73-71-106-69-67-104-65-63-102-61-59-100-57-55-98-52-49-90-85(92)76-80(4)41-38-40-79(3)45-46-83-81(5)42-39-48-88(83,6)7/h38,40-41,45-46,76,82H,8-37,39,42-44,47-75,77-78H2,1-7H3,(H,89,91)(H,90,92)(H,95,96)/b41-38+,46-45+,79-40+,80-76+/t82-/m1/s1. The molecule has 1 rings (SSSR count). The van der Waals surface area contributed by atoms with Crippen molar-refractivity contribution in [2.24, 2.45) is 5.41 Å². The zero-order valence-corrected chi connectivity index (χ0v) is 72.9. The summed E-state index contributed by atoms with van der Waals surface area (Å²) in [6.07, 6.45) is 51.5. The number of phosphoric ester groups is 1. The van der Waals surface area contributed by atoms with Gasteiger partial charge in [0.2, 0.25) is 11.8 Å². The predicted octanol–water partition coefficient (Wildman–Crippen LogP) is 17.5. The van der Waals surface area contributed by atoms with E-state index in [0.717, 1.165) is 49.7 Å². The molecule has 113 heavy (non-hydrogen) atoms. The van der Waals surface area contributed by atoms with Gasteiger partial charge in [0, 0.05) is 38.4 Å². The maximum atomic E-state index is 12.9. The molecule has 0 heterocycles. The first-order chi connectivity index (χ1) is 55.1. The molecular weight excluding hydrogens is 1470 g/mol. The Balaban J connectivity index is 2.00. The van der Waals surface area contributed by atoms with Gasteiger partial charge in [0.25, 0.3) is 0 Å². The Bertz CT molecular complexity index is 2440. The number of carbonyl (C=O) groups is 4. The highest BCUT2D eigenvalue weighted by atomic mass is 31.2. The Kier molecular flexibility index (Phi) is 76.5. The Morgan fingerprint density at radius 3 is 1.17 bits per heavy atom. The van der Waals surface area contributed by atoms with E-state index in [0.29, 0.717) is 165 Å². The van der Waals surface area contributed by atoms with Gasteiger partial charge in [-0.15, -0.1) is 0 Å². The average Bonchev–Trinajstić information content (AvgIpc) is 0.822. The van der Waals surface area contributed by atoms with Crippen molar-refractivity contribution in [3.63, 3.8) is 0 Å². The van der Waals surface area contributed by atoms with Gasteiger partial charge in [0.1, 0.15) is 6.61 Å². The number of esters is 2. The van der Waals surface area contributed by atoms with Crippen LogP contribution in [0.1, 0.15) is 280 Å². The van der Waals surface area contributed by atoms with Crippen molar-refractivity contribution >= 4 is 31.6 Å². The summed E-state index contributed by atoms with van der Waals surface area (Å²) in [5, 5.41) is 5.47. The molecule has 1 aliphatic carbocycles. The fraction of sp³-hybridized carbons (Fsp3) is 0.841. The number of unbranched alkanes of at least 4 members (excludes halogenated alkanes) is 28. The molecule has 0 aromatic heterocycles. The zero-order chi connectivity index (χ0) is 82.1. The van der Waals surface area contributed by atoms with Gasteiger partial charge in [-0.2, -0.15) is 0 Å². The molecule has 0 fully saturated rings. The Morgan fingerprint density at radius 2 is 0.779 bits per heavy atom. The molecule has 2 amide bonds. The van der Waals surface area contributed by atoms with E-state index in [1.807, 2.05) is 19.1 Å². The Morgan fingerprint density at radius 1 is 0.425 bits per heavy atom. The van der Waals surface area contributed by atoms with Crippen molar-refractivity contribution in [3.05, 3.63) is 58.7 Å². The average molecular weight is 1630 g/mol. The molecule has 0 bridgehead atoms. The van der Waals surface area contributed by atoms with Crippen LogP contribution < -0.4 is 10.6 Å². The smallest absolute Gasteiger partial charge is 0.462 e. The van der Waals surface area contributed by atoms with Crippen LogP contribution in [0.2, 0.25) is 0 Å². The summed E-state index contributed by atoms with van der Waals surface area (Å²) in [6, 6.07) is 0. The van der Waals surface area contributed by atoms with Gasteiger partial charge in [-0.3, -0.25) is 28.2 Å². The summed E-state index contributed by atoms with van der Waals surface area (Å²) < 4.78 is 101. The van der Waals surface area contributed by atoms with E-state index in [1.165, 1.54) is 172 Å². The first-order valence-electron chi connectivity index (χ1n) is 43.9. The number of amides is 2. The highest BCUT2D eigenvalue weighted by molar-refractivity contribution is 7.47. The minimum Gasteiger partial charge on any atom is -0.462 e. The lowest BCUT2D eigenvalue weighted by Crippen LogP contribution is -2.30. The fourth-order valence-electron chi connectivity index (χ4n) is 12.4. The minimum absolute atomic E-state index is 0.0600. The second-order valence-electron chi connectivity index (χ2n) is 30.0. The van der Waals surface area contributed by atoms with Crippen LogP contribution >= 0.6 is 7.82 Å². The quantitative estimate of drug-likeness (QED) is 0.0168. The lowest BCUT2D eigenvalue weighted by Gasteiger charge is -2.32.